The standard InChI is InChI=1S/C13H8Cl2O.C8H8O/c14-11-5-1-9(2-6-11)13(16)10-3-7-12(15)8-4-10;1-7(9)8-5-3-2-4-6-8/h1-8H;2-6H,1H3. The van der Waals surface area contributed by atoms with Crippen molar-refractivity contribution in [2.75, 3.05) is 0 Å². The maximum atomic E-state index is 12.0. The Morgan fingerprint density at radius 3 is 1.32 bits per heavy atom. The molecule has 3 rings (SSSR count). The van der Waals surface area contributed by atoms with E-state index < -0.39 is 0 Å². The van der Waals surface area contributed by atoms with Gasteiger partial charge in [0, 0.05) is 26.7 Å². The smallest absolute Gasteiger partial charge is 0.193 e. The second kappa shape index (κ2) is 9.16. The Labute approximate surface area is 157 Å². The minimum Gasteiger partial charge on any atom is -0.295 e. The molecule has 3 aromatic rings. The molecule has 25 heavy (non-hydrogen) atoms. The van der Waals surface area contributed by atoms with Crippen molar-refractivity contribution in [2.45, 2.75) is 6.92 Å². The van der Waals surface area contributed by atoms with Crippen molar-refractivity contribution >= 4 is 34.8 Å². The predicted molar refractivity (Wildman–Crippen MR) is 103 cm³/mol. The summed E-state index contributed by atoms with van der Waals surface area (Å²) in [5.74, 6) is 0.0870. The number of rotatable bonds is 3. The average molecular weight is 371 g/mol. The molecule has 0 saturated carbocycles. The zero-order chi connectivity index (χ0) is 18.2. The van der Waals surface area contributed by atoms with Gasteiger partial charge in [-0.25, -0.2) is 0 Å². The molecule has 0 radical (unpaired) electrons. The molecule has 126 valence electrons. The maximum Gasteiger partial charge on any atom is 0.193 e. The summed E-state index contributed by atoms with van der Waals surface area (Å²) in [5, 5.41) is 1.24. The number of benzene rings is 3. The Hall–Kier alpha value is -2.42. The molecule has 0 aliphatic rings. The van der Waals surface area contributed by atoms with E-state index in [0.717, 1.165) is 5.56 Å². The van der Waals surface area contributed by atoms with E-state index in [1.165, 1.54) is 0 Å². The van der Waals surface area contributed by atoms with Gasteiger partial charge in [-0.3, -0.25) is 9.59 Å². The highest BCUT2D eigenvalue weighted by atomic mass is 35.5. The van der Waals surface area contributed by atoms with Crippen molar-refractivity contribution in [1.29, 1.82) is 0 Å². The minimum absolute atomic E-state index is 0.0340. The van der Waals surface area contributed by atoms with Crippen LogP contribution in [0, 0.1) is 0 Å². The SMILES string of the molecule is CC(=O)c1ccccc1.O=C(c1ccc(Cl)cc1)c1ccc(Cl)cc1. The van der Waals surface area contributed by atoms with Crippen LogP contribution in [0.1, 0.15) is 33.2 Å². The molecule has 0 atom stereocenters. The zero-order valence-corrected chi connectivity index (χ0v) is 15.1. The van der Waals surface area contributed by atoms with Crippen LogP contribution in [0.3, 0.4) is 0 Å². The van der Waals surface area contributed by atoms with Gasteiger partial charge >= 0.3 is 0 Å². The lowest BCUT2D eigenvalue weighted by atomic mass is 10.0. The second-order valence-corrected chi connectivity index (χ2v) is 6.14. The van der Waals surface area contributed by atoms with Crippen molar-refractivity contribution < 1.29 is 9.59 Å². The number of ketones is 2. The van der Waals surface area contributed by atoms with Crippen LogP contribution < -0.4 is 0 Å². The third kappa shape index (κ3) is 5.86. The van der Waals surface area contributed by atoms with Crippen LogP contribution >= 0.6 is 23.2 Å². The lowest BCUT2D eigenvalue weighted by molar-refractivity contribution is 0.101. The summed E-state index contributed by atoms with van der Waals surface area (Å²) < 4.78 is 0. The van der Waals surface area contributed by atoms with Crippen molar-refractivity contribution in [3.63, 3.8) is 0 Å². The monoisotopic (exact) mass is 370 g/mol. The topological polar surface area (TPSA) is 34.1 Å². The van der Waals surface area contributed by atoms with Crippen LogP contribution in [-0.2, 0) is 0 Å². The fraction of sp³-hybridized carbons (Fsp3) is 0.0476. The lowest BCUT2D eigenvalue weighted by Crippen LogP contribution is -2.00. The van der Waals surface area contributed by atoms with Crippen LogP contribution in [0.5, 0.6) is 0 Å². The summed E-state index contributed by atoms with van der Waals surface area (Å²) in [6.45, 7) is 1.56. The van der Waals surface area contributed by atoms with Crippen LogP contribution in [-0.4, -0.2) is 11.6 Å². The van der Waals surface area contributed by atoms with E-state index in [1.807, 2.05) is 30.3 Å². The molecule has 0 aromatic heterocycles. The van der Waals surface area contributed by atoms with Gasteiger partial charge in [-0.1, -0.05) is 53.5 Å². The van der Waals surface area contributed by atoms with Crippen molar-refractivity contribution in [1.82, 2.24) is 0 Å². The zero-order valence-electron chi connectivity index (χ0n) is 13.6. The Bertz CT molecular complexity index is 792. The number of Topliss-reactive ketones (excluding diaryl/α,β-unsaturated/α-hetero) is 1. The second-order valence-electron chi connectivity index (χ2n) is 5.27. The molecule has 0 saturated heterocycles. The normalized spacial score (nSPS) is 9.72. The number of carbonyl (C=O) groups excluding carboxylic acids is 2. The third-order valence-corrected chi connectivity index (χ3v) is 3.90. The van der Waals surface area contributed by atoms with Gasteiger partial charge in [0.1, 0.15) is 0 Å². The van der Waals surface area contributed by atoms with Crippen molar-refractivity contribution in [2.24, 2.45) is 0 Å². The average Bonchev–Trinajstić information content (AvgIpc) is 2.64. The summed E-state index contributed by atoms with van der Waals surface area (Å²) in [6, 6.07) is 22.9. The molecule has 0 aliphatic heterocycles. The Morgan fingerprint density at radius 2 is 1.00 bits per heavy atom. The first-order valence-corrected chi connectivity index (χ1v) is 8.35. The molecular weight excluding hydrogens is 355 g/mol. The van der Waals surface area contributed by atoms with Crippen LogP contribution in [0.4, 0.5) is 0 Å². The van der Waals surface area contributed by atoms with Gasteiger partial charge in [-0.15, -0.1) is 0 Å². The maximum absolute atomic E-state index is 12.0. The van der Waals surface area contributed by atoms with Crippen LogP contribution in [0.25, 0.3) is 0 Å². The van der Waals surface area contributed by atoms with Gasteiger partial charge in [0.05, 0.1) is 0 Å². The molecule has 3 aromatic carbocycles. The van der Waals surface area contributed by atoms with E-state index in [4.69, 9.17) is 23.2 Å². The lowest BCUT2D eigenvalue weighted by Gasteiger charge is -2.01. The quantitative estimate of drug-likeness (QED) is 0.520. The summed E-state index contributed by atoms with van der Waals surface area (Å²) in [5.41, 5.74) is 2.01. The summed E-state index contributed by atoms with van der Waals surface area (Å²) >= 11 is 11.5. The summed E-state index contributed by atoms with van der Waals surface area (Å²) in [7, 11) is 0. The summed E-state index contributed by atoms with van der Waals surface area (Å²) in [6.07, 6.45) is 0. The highest BCUT2D eigenvalue weighted by Gasteiger charge is 2.08. The first kappa shape index (κ1) is 18.9. The first-order chi connectivity index (χ1) is 12.0. The Balaban J connectivity index is 0.000000212. The van der Waals surface area contributed by atoms with Crippen molar-refractivity contribution in [3.05, 3.63) is 106 Å². The van der Waals surface area contributed by atoms with Crippen molar-refractivity contribution in [3.8, 4) is 0 Å². The molecular formula is C21H16Cl2O2. The number of halogens is 2. The van der Waals surface area contributed by atoms with Gasteiger partial charge < -0.3 is 0 Å². The number of hydrogen-bond donors (Lipinski definition) is 0. The summed E-state index contributed by atoms with van der Waals surface area (Å²) in [4.78, 5) is 22.6. The third-order valence-electron chi connectivity index (χ3n) is 3.39. The Morgan fingerprint density at radius 1 is 0.600 bits per heavy atom. The number of hydrogen-bond acceptors (Lipinski definition) is 2. The first-order valence-electron chi connectivity index (χ1n) is 7.59. The molecule has 0 spiro atoms. The molecule has 0 amide bonds. The molecule has 0 N–H and O–H groups in total. The molecule has 2 nitrogen and oxygen atoms in total. The molecule has 0 bridgehead atoms. The van der Waals surface area contributed by atoms with Gasteiger partial charge in [0.2, 0.25) is 0 Å². The van der Waals surface area contributed by atoms with E-state index in [0.29, 0.717) is 21.2 Å². The van der Waals surface area contributed by atoms with Gasteiger partial charge in [0.25, 0.3) is 0 Å². The highest BCUT2D eigenvalue weighted by molar-refractivity contribution is 6.31. The highest BCUT2D eigenvalue weighted by Crippen LogP contribution is 2.15. The van der Waals surface area contributed by atoms with Crippen LogP contribution in [0.2, 0.25) is 10.0 Å². The molecule has 4 heteroatoms. The molecule has 0 unspecified atom stereocenters. The largest absolute Gasteiger partial charge is 0.295 e. The number of carbonyl (C=O) groups is 2. The van der Waals surface area contributed by atoms with Crippen LogP contribution in [0.15, 0.2) is 78.9 Å². The molecule has 0 heterocycles. The van der Waals surface area contributed by atoms with E-state index >= 15 is 0 Å². The Kier molecular flexibility index (Phi) is 6.93. The minimum atomic E-state index is -0.0340. The fourth-order valence-electron chi connectivity index (χ4n) is 2.04. The van der Waals surface area contributed by atoms with E-state index in [1.54, 1.807) is 55.5 Å². The fourth-order valence-corrected chi connectivity index (χ4v) is 2.29. The predicted octanol–water partition coefficient (Wildman–Crippen LogP) is 6.11. The molecule has 0 fully saturated rings. The molecule has 0 aliphatic carbocycles. The van der Waals surface area contributed by atoms with Gasteiger partial charge in [-0.2, -0.15) is 0 Å². The van der Waals surface area contributed by atoms with Gasteiger partial charge in [-0.05, 0) is 55.5 Å². The van der Waals surface area contributed by atoms with E-state index in [9.17, 15) is 9.59 Å². The van der Waals surface area contributed by atoms with E-state index in [2.05, 4.69) is 0 Å². The van der Waals surface area contributed by atoms with Gasteiger partial charge in [0.15, 0.2) is 11.6 Å². The van der Waals surface area contributed by atoms with E-state index in [-0.39, 0.29) is 11.6 Å².